The van der Waals surface area contributed by atoms with Crippen LogP contribution in [0.15, 0.2) is 78.9 Å². The number of para-hydroxylation sites is 1. The van der Waals surface area contributed by atoms with Gasteiger partial charge in [-0.05, 0) is 48.5 Å². The molecule has 3 aromatic carbocycles. The van der Waals surface area contributed by atoms with E-state index in [0.29, 0.717) is 27.9 Å². The second-order valence-electron chi connectivity index (χ2n) is 6.69. The Balaban J connectivity index is 1.64. The van der Waals surface area contributed by atoms with E-state index >= 15 is 0 Å². The van der Waals surface area contributed by atoms with Crippen LogP contribution in [-0.2, 0) is 0 Å². The van der Waals surface area contributed by atoms with Crippen molar-refractivity contribution in [3.8, 4) is 17.0 Å². The lowest BCUT2D eigenvalue weighted by Crippen LogP contribution is -2.42. The lowest BCUT2D eigenvalue weighted by atomic mass is 10.0. The number of hydrogen-bond donors (Lipinski definition) is 2. The van der Waals surface area contributed by atoms with E-state index in [4.69, 9.17) is 4.74 Å². The van der Waals surface area contributed by atoms with Gasteiger partial charge in [0.1, 0.15) is 11.6 Å². The Kier molecular flexibility index (Phi) is 5.57. The predicted octanol–water partition coefficient (Wildman–Crippen LogP) is 4.12. The average molecular weight is 415 g/mol. The molecule has 0 aliphatic heterocycles. The molecule has 0 unspecified atom stereocenters. The maximum Gasteiger partial charge on any atom is 0.272 e. The number of carbonyl (C=O) groups excluding carboxylic acids is 2. The van der Waals surface area contributed by atoms with Crippen molar-refractivity contribution in [3.05, 3.63) is 95.8 Å². The standard InChI is InChI=1S/C24H18FN3O3/c1-31-16-12-10-15(11-13-16)22-14-19(17-6-3-5-9-21(17)26-22)24(30)28-27-23(29)18-7-2-4-8-20(18)25/h2-14H,1H3,(H,27,29)(H,28,30). The average Bonchev–Trinajstić information content (AvgIpc) is 2.82. The molecule has 1 aromatic heterocycles. The van der Waals surface area contributed by atoms with E-state index in [1.807, 2.05) is 18.2 Å². The first kappa shape index (κ1) is 20.0. The third kappa shape index (κ3) is 4.20. The predicted molar refractivity (Wildman–Crippen MR) is 115 cm³/mol. The molecule has 0 spiro atoms. The van der Waals surface area contributed by atoms with Gasteiger partial charge in [0.15, 0.2) is 0 Å². The fraction of sp³-hybridized carbons (Fsp3) is 0.0417. The Morgan fingerprint density at radius 1 is 0.839 bits per heavy atom. The van der Waals surface area contributed by atoms with Gasteiger partial charge in [-0.2, -0.15) is 0 Å². The van der Waals surface area contributed by atoms with E-state index in [1.54, 1.807) is 43.5 Å². The van der Waals surface area contributed by atoms with Crippen molar-refractivity contribution < 1.29 is 18.7 Å². The number of nitrogens with zero attached hydrogens (tertiary/aromatic N) is 1. The molecule has 0 radical (unpaired) electrons. The van der Waals surface area contributed by atoms with Crippen molar-refractivity contribution in [1.29, 1.82) is 0 Å². The van der Waals surface area contributed by atoms with Gasteiger partial charge in [-0.25, -0.2) is 9.37 Å². The maximum atomic E-state index is 13.8. The van der Waals surface area contributed by atoms with E-state index in [9.17, 15) is 14.0 Å². The zero-order chi connectivity index (χ0) is 21.8. The summed E-state index contributed by atoms with van der Waals surface area (Å²) < 4.78 is 19.0. The van der Waals surface area contributed by atoms with Gasteiger partial charge in [0, 0.05) is 10.9 Å². The number of amides is 2. The number of hydrogen-bond acceptors (Lipinski definition) is 4. The number of rotatable bonds is 4. The summed E-state index contributed by atoms with van der Waals surface area (Å²) in [7, 11) is 1.58. The van der Waals surface area contributed by atoms with E-state index in [-0.39, 0.29) is 5.56 Å². The third-order valence-electron chi connectivity index (χ3n) is 4.75. The molecule has 0 aliphatic carbocycles. The molecule has 7 heteroatoms. The smallest absolute Gasteiger partial charge is 0.272 e. The highest BCUT2D eigenvalue weighted by atomic mass is 19.1. The summed E-state index contributed by atoms with van der Waals surface area (Å²) in [6.07, 6.45) is 0. The van der Waals surface area contributed by atoms with Gasteiger partial charge in [0.2, 0.25) is 0 Å². The molecule has 31 heavy (non-hydrogen) atoms. The highest BCUT2D eigenvalue weighted by Gasteiger charge is 2.16. The SMILES string of the molecule is COc1ccc(-c2cc(C(=O)NNC(=O)c3ccccc3F)c3ccccc3n2)cc1. The first-order chi connectivity index (χ1) is 15.1. The second kappa shape index (κ2) is 8.62. The van der Waals surface area contributed by atoms with Crippen LogP contribution in [0, 0.1) is 5.82 Å². The van der Waals surface area contributed by atoms with Crippen LogP contribution in [0.4, 0.5) is 4.39 Å². The van der Waals surface area contributed by atoms with Crippen molar-refractivity contribution in [2.45, 2.75) is 0 Å². The topological polar surface area (TPSA) is 80.3 Å². The fourth-order valence-corrected chi connectivity index (χ4v) is 3.17. The molecule has 0 aliphatic rings. The molecule has 0 saturated carbocycles. The molecule has 4 aromatic rings. The first-order valence-electron chi connectivity index (χ1n) is 9.46. The van der Waals surface area contributed by atoms with Crippen molar-refractivity contribution in [2.75, 3.05) is 7.11 Å². The lowest BCUT2D eigenvalue weighted by Gasteiger charge is -2.12. The van der Waals surface area contributed by atoms with Gasteiger partial charge in [0.25, 0.3) is 11.8 Å². The molecule has 0 atom stereocenters. The van der Waals surface area contributed by atoms with E-state index < -0.39 is 17.6 Å². The number of methoxy groups -OCH3 is 1. The summed E-state index contributed by atoms with van der Waals surface area (Å²) in [6, 6.07) is 21.7. The summed E-state index contributed by atoms with van der Waals surface area (Å²) in [5, 5.41) is 0.623. The number of carbonyl (C=O) groups is 2. The summed E-state index contributed by atoms with van der Waals surface area (Å²) in [4.78, 5) is 29.8. The summed E-state index contributed by atoms with van der Waals surface area (Å²) >= 11 is 0. The van der Waals surface area contributed by atoms with Crippen molar-refractivity contribution in [2.24, 2.45) is 0 Å². The normalized spacial score (nSPS) is 10.5. The number of aromatic nitrogens is 1. The zero-order valence-corrected chi connectivity index (χ0v) is 16.6. The van der Waals surface area contributed by atoms with Crippen LogP contribution >= 0.6 is 0 Å². The van der Waals surface area contributed by atoms with Crippen LogP contribution in [0.1, 0.15) is 20.7 Å². The van der Waals surface area contributed by atoms with Crippen LogP contribution in [0.3, 0.4) is 0 Å². The number of fused-ring (bicyclic) bond motifs is 1. The van der Waals surface area contributed by atoms with E-state index in [0.717, 1.165) is 5.56 Å². The minimum atomic E-state index is -0.750. The quantitative estimate of drug-likeness (QED) is 0.492. The zero-order valence-electron chi connectivity index (χ0n) is 16.6. The minimum Gasteiger partial charge on any atom is -0.497 e. The van der Waals surface area contributed by atoms with Crippen molar-refractivity contribution >= 4 is 22.7 Å². The molecular weight excluding hydrogens is 397 g/mol. The van der Waals surface area contributed by atoms with Crippen molar-refractivity contribution in [1.82, 2.24) is 15.8 Å². The number of pyridine rings is 1. The molecule has 2 amide bonds. The number of hydrazine groups is 1. The van der Waals surface area contributed by atoms with Crippen LogP contribution < -0.4 is 15.6 Å². The minimum absolute atomic E-state index is 0.165. The lowest BCUT2D eigenvalue weighted by molar-refractivity contribution is 0.0845. The Bertz CT molecular complexity index is 1270. The third-order valence-corrected chi connectivity index (χ3v) is 4.75. The highest BCUT2D eigenvalue weighted by Crippen LogP contribution is 2.26. The Hall–Kier alpha value is -4.26. The second-order valence-corrected chi connectivity index (χ2v) is 6.69. The molecule has 4 rings (SSSR count). The van der Waals surface area contributed by atoms with Crippen LogP contribution in [-0.4, -0.2) is 23.9 Å². The summed E-state index contributed by atoms with van der Waals surface area (Å²) in [6.45, 7) is 0. The number of ether oxygens (including phenoxy) is 1. The van der Waals surface area contributed by atoms with Gasteiger partial charge in [0.05, 0.1) is 29.4 Å². The summed E-state index contributed by atoms with van der Waals surface area (Å²) in [5.41, 5.74) is 6.80. The Morgan fingerprint density at radius 2 is 1.48 bits per heavy atom. The molecule has 6 nitrogen and oxygen atoms in total. The molecule has 1 heterocycles. The fourth-order valence-electron chi connectivity index (χ4n) is 3.17. The van der Waals surface area contributed by atoms with Crippen LogP contribution in [0.5, 0.6) is 5.75 Å². The Morgan fingerprint density at radius 3 is 2.19 bits per heavy atom. The summed E-state index contributed by atoms with van der Waals surface area (Å²) in [5.74, 6) is -1.26. The largest absolute Gasteiger partial charge is 0.497 e. The molecule has 0 fully saturated rings. The molecular formula is C24H18FN3O3. The highest BCUT2D eigenvalue weighted by molar-refractivity contribution is 6.08. The van der Waals surface area contributed by atoms with Gasteiger partial charge >= 0.3 is 0 Å². The van der Waals surface area contributed by atoms with Gasteiger partial charge in [-0.15, -0.1) is 0 Å². The van der Waals surface area contributed by atoms with Gasteiger partial charge in [-0.1, -0.05) is 30.3 Å². The molecule has 0 bridgehead atoms. The molecule has 2 N–H and O–H groups in total. The van der Waals surface area contributed by atoms with E-state index in [1.165, 1.54) is 24.3 Å². The number of halogens is 1. The van der Waals surface area contributed by atoms with Crippen LogP contribution in [0.2, 0.25) is 0 Å². The maximum absolute atomic E-state index is 13.8. The van der Waals surface area contributed by atoms with Gasteiger partial charge < -0.3 is 4.74 Å². The molecule has 0 saturated heterocycles. The van der Waals surface area contributed by atoms with E-state index in [2.05, 4.69) is 15.8 Å². The van der Waals surface area contributed by atoms with Crippen molar-refractivity contribution in [3.63, 3.8) is 0 Å². The Labute approximate surface area is 177 Å². The van der Waals surface area contributed by atoms with Crippen LogP contribution in [0.25, 0.3) is 22.2 Å². The monoisotopic (exact) mass is 415 g/mol. The van der Waals surface area contributed by atoms with Gasteiger partial charge in [-0.3, -0.25) is 20.4 Å². The number of nitrogens with one attached hydrogen (secondary N) is 2. The molecule has 154 valence electrons. The number of benzene rings is 3. The first-order valence-corrected chi connectivity index (χ1v) is 9.46.